The van der Waals surface area contributed by atoms with Crippen molar-refractivity contribution < 1.29 is 9.53 Å². The number of amides is 1. The molecule has 1 aromatic carbocycles. The standard InChI is InChI=1S/C18H24N6O2/c1-18(2,3)17(25)20-15(13-26-12-14-8-6-5-7-9-14)16-21-22-23-24(16)11-10-19-4/h5-9,15H,10-13H2,1-3H3,(H,20,25). The van der Waals surface area contributed by atoms with Gasteiger partial charge < -0.3 is 14.9 Å². The number of carbonyl (C=O) groups excluding carboxylic acids is 1. The number of rotatable bonds is 8. The van der Waals surface area contributed by atoms with Crippen molar-refractivity contribution in [2.24, 2.45) is 5.41 Å². The molecular weight excluding hydrogens is 332 g/mol. The third kappa shape index (κ3) is 5.63. The minimum atomic E-state index is -0.549. The fraction of sp³-hybridized carbons (Fsp3) is 0.500. The Morgan fingerprint density at radius 2 is 2.08 bits per heavy atom. The number of hydrogen-bond acceptors (Lipinski definition) is 5. The largest absolute Gasteiger partial charge is 0.374 e. The van der Waals surface area contributed by atoms with Crippen LogP contribution in [-0.2, 0) is 22.7 Å². The van der Waals surface area contributed by atoms with Gasteiger partial charge in [-0.2, -0.15) is 0 Å². The Labute approximate surface area is 153 Å². The predicted octanol–water partition coefficient (Wildman–Crippen LogP) is 2.01. The van der Waals surface area contributed by atoms with Crippen LogP contribution in [0.2, 0.25) is 0 Å². The summed E-state index contributed by atoms with van der Waals surface area (Å²) >= 11 is 0. The van der Waals surface area contributed by atoms with Crippen LogP contribution in [0, 0.1) is 12.0 Å². The molecule has 2 rings (SSSR count). The van der Waals surface area contributed by atoms with Gasteiger partial charge in [0.25, 0.3) is 0 Å². The molecule has 8 heteroatoms. The number of ether oxygens (including phenoxy) is 1. The summed E-state index contributed by atoms with van der Waals surface area (Å²) in [7, 11) is 0. The Balaban J connectivity index is 2.10. The lowest BCUT2D eigenvalue weighted by Gasteiger charge is -2.23. The third-order valence-corrected chi connectivity index (χ3v) is 3.68. The number of nitrogens with zero attached hydrogens (tertiary/aromatic N) is 5. The molecule has 1 aromatic heterocycles. The average Bonchev–Trinajstić information content (AvgIpc) is 3.07. The van der Waals surface area contributed by atoms with Crippen molar-refractivity contribution in [2.45, 2.75) is 40.0 Å². The summed E-state index contributed by atoms with van der Waals surface area (Å²) in [4.78, 5) is 15.8. The summed E-state index contributed by atoms with van der Waals surface area (Å²) in [5.41, 5.74) is 0.493. The van der Waals surface area contributed by atoms with E-state index in [0.29, 0.717) is 19.0 Å². The topological polar surface area (TPSA) is 86.3 Å². The van der Waals surface area contributed by atoms with E-state index in [-0.39, 0.29) is 19.1 Å². The fourth-order valence-corrected chi connectivity index (χ4v) is 2.19. The summed E-state index contributed by atoms with van der Waals surface area (Å²) in [5, 5.41) is 14.6. The maximum absolute atomic E-state index is 12.4. The lowest BCUT2D eigenvalue weighted by Crippen LogP contribution is -2.40. The van der Waals surface area contributed by atoms with Gasteiger partial charge >= 0.3 is 0 Å². The highest BCUT2D eigenvalue weighted by Crippen LogP contribution is 2.17. The molecule has 26 heavy (non-hydrogen) atoms. The van der Waals surface area contributed by atoms with E-state index in [1.807, 2.05) is 51.1 Å². The first kappa shape index (κ1) is 19.5. The van der Waals surface area contributed by atoms with Gasteiger partial charge in [-0.3, -0.25) is 4.79 Å². The maximum Gasteiger partial charge on any atom is 0.234 e. The van der Waals surface area contributed by atoms with Crippen LogP contribution >= 0.6 is 0 Å². The van der Waals surface area contributed by atoms with Crippen LogP contribution in [-0.4, -0.2) is 39.3 Å². The Bertz CT molecular complexity index is 745. The first-order valence-electron chi connectivity index (χ1n) is 8.43. The fourth-order valence-electron chi connectivity index (χ4n) is 2.19. The second-order valence-corrected chi connectivity index (χ2v) is 6.92. The summed E-state index contributed by atoms with van der Waals surface area (Å²) < 4.78 is 7.33. The molecule has 138 valence electrons. The lowest BCUT2D eigenvalue weighted by atomic mass is 9.95. The van der Waals surface area contributed by atoms with Crippen molar-refractivity contribution in [1.82, 2.24) is 25.5 Å². The van der Waals surface area contributed by atoms with Crippen LogP contribution in [0.25, 0.3) is 4.85 Å². The maximum atomic E-state index is 12.4. The first-order valence-corrected chi connectivity index (χ1v) is 8.43. The number of aromatic nitrogens is 4. The molecule has 0 saturated heterocycles. The molecule has 0 radical (unpaired) electrons. The van der Waals surface area contributed by atoms with Crippen LogP contribution in [0.4, 0.5) is 0 Å². The van der Waals surface area contributed by atoms with E-state index in [2.05, 4.69) is 25.7 Å². The van der Waals surface area contributed by atoms with Crippen LogP contribution in [0.15, 0.2) is 30.3 Å². The van der Waals surface area contributed by atoms with Gasteiger partial charge in [0.05, 0.1) is 13.2 Å². The molecule has 0 fully saturated rings. The highest BCUT2D eigenvalue weighted by Gasteiger charge is 2.28. The number of nitrogens with one attached hydrogen (secondary N) is 1. The second-order valence-electron chi connectivity index (χ2n) is 6.92. The molecule has 0 aliphatic rings. The summed E-state index contributed by atoms with van der Waals surface area (Å²) in [6.07, 6.45) is 0. The van der Waals surface area contributed by atoms with Gasteiger partial charge in [-0.25, -0.2) is 11.3 Å². The highest BCUT2D eigenvalue weighted by atomic mass is 16.5. The first-order chi connectivity index (χ1) is 12.4. The molecule has 1 unspecified atom stereocenters. The SMILES string of the molecule is [C-]#[N+]CCn1nnnc1C(COCc1ccccc1)NC(=O)C(C)(C)C. The van der Waals surface area contributed by atoms with Crippen LogP contribution < -0.4 is 5.32 Å². The van der Waals surface area contributed by atoms with E-state index in [9.17, 15) is 4.79 Å². The van der Waals surface area contributed by atoms with Crippen molar-refractivity contribution in [1.29, 1.82) is 0 Å². The van der Waals surface area contributed by atoms with Crippen molar-refractivity contribution in [2.75, 3.05) is 13.2 Å². The molecular formula is C18H24N6O2. The molecule has 0 saturated carbocycles. The number of carbonyl (C=O) groups is 1. The van der Waals surface area contributed by atoms with E-state index in [1.54, 1.807) is 0 Å². The normalized spacial score (nSPS) is 12.4. The van der Waals surface area contributed by atoms with Gasteiger partial charge in [0, 0.05) is 5.41 Å². The van der Waals surface area contributed by atoms with Crippen molar-refractivity contribution >= 4 is 5.91 Å². The van der Waals surface area contributed by atoms with E-state index >= 15 is 0 Å². The quantitative estimate of drug-likeness (QED) is 0.731. The van der Waals surface area contributed by atoms with Crippen molar-refractivity contribution in [3.8, 4) is 0 Å². The van der Waals surface area contributed by atoms with Crippen molar-refractivity contribution in [3.63, 3.8) is 0 Å². The van der Waals surface area contributed by atoms with Gasteiger partial charge in [0.1, 0.15) is 12.6 Å². The Morgan fingerprint density at radius 3 is 2.73 bits per heavy atom. The van der Waals surface area contributed by atoms with Gasteiger partial charge in [-0.15, -0.1) is 5.10 Å². The number of hydrogen-bond donors (Lipinski definition) is 1. The molecule has 1 heterocycles. The summed E-state index contributed by atoms with van der Waals surface area (Å²) in [6.45, 7) is 13.7. The summed E-state index contributed by atoms with van der Waals surface area (Å²) in [6, 6.07) is 9.29. The van der Waals surface area contributed by atoms with Crippen LogP contribution in [0.1, 0.15) is 38.2 Å². The highest BCUT2D eigenvalue weighted by molar-refractivity contribution is 5.81. The van der Waals surface area contributed by atoms with Crippen LogP contribution in [0.3, 0.4) is 0 Å². The molecule has 2 aromatic rings. The monoisotopic (exact) mass is 356 g/mol. The third-order valence-electron chi connectivity index (χ3n) is 3.68. The lowest BCUT2D eigenvalue weighted by molar-refractivity contribution is -0.130. The van der Waals surface area contributed by atoms with Crippen LogP contribution in [0.5, 0.6) is 0 Å². The zero-order valence-electron chi connectivity index (χ0n) is 15.3. The molecule has 1 atom stereocenters. The van der Waals surface area contributed by atoms with E-state index in [0.717, 1.165) is 5.56 Å². The van der Waals surface area contributed by atoms with Crippen molar-refractivity contribution in [3.05, 3.63) is 53.1 Å². The zero-order chi connectivity index (χ0) is 19.0. The number of benzene rings is 1. The van der Waals surface area contributed by atoms with E-state index in [1.165, 1.54) is 4.68 Å². The molecule has 8 nitrogen and oxygen atoms in total. The molecule has 1 amide bonds. The minimum Gasteiger partial charge on any atom is -0.374 e. The summed E-state index contributed by atoms with van der Waals surface area (Å²) in [5.74, 6) is 0.366. The zero-order valence-corrected chi connectivity index (χ0v) is 15.3. The molecule has 0 bridgehead atoms. The smallest absolute Gasteiger partial charge is 0.234 e. The average molecular weight is 356 g/mol. The van der Waals surface area contributed by atoms with Gasteiger partial charge in [-0.05, 0) is 16.0 Å². The Hall–Kier alpha value is -2.79. The minimum absolute atomic E-state index is 0.120. The number of tetrazole rings is 1. The predicted molar refractivity (Wildman–Crippen MR) is 95.7 cm³/mol. The molecule has 1 N–H and O–H groups in total. The Morgan fingerprint density at radius 1 is 1.35 bits per heavy atom. The van der Waals surface area contributed by atoms with Gasteiger partial charge in [-0.1, -0.05) is 51.1 Å². The van der Waals surface area contributed by atoms with Gasteiger partial charge in [0.15, 0.2) is 5.82 Å². The van der Waals surface area contributed by atoms with Gasteiger partial charge in [0.2, 0.25) is 12.5 Å². The molecule has 0 aliphatic heterocycles. The molecule has 0 aliphatic carbocycles. The molecule has 0 spiro atoms. The van der Waals surface area contributed by atoms with E-state index < -0.39 is 11.5 Å². The second kappa shape index (κ2) is 9.06. The van der Waals surface area contributed by atoms with E-state index in [4.69, 9.17) is 11.3 Å². The Kier molecular flexibility index (Phi) is 6.81.